The van der Waals surface area contributed by atoms with Crippen molar-refractivity contribution in [2.45, 2.75) is 13.0 Å². The molecule has 3 rings (SSSR count). The second kappa shape index (κ2) is 5.11. The molecule has 0 fully saturated rings. The van der Waals surface area contributed by atoms with Crippen molar-refractivity contribution in [1.29, 1.82) is 0 Å². The molecule has 0 radical (unpaired) electrons. The molecule has 2 aromatic carbocycles. The van der Waals surface area contributed by atoms with Crippen LogP contribution in [0, 0.1) is 6.92 Å². The van der Waals surface area contributed by atoms with Gasteiger partial charge in [-0.25, -0.2) is 4.98 Å². The van der Waals surface area contributed by atoms with Crippen LogP contribution in [0.4, 0.5) is 0 Å². The standard InChI is InChI=1S/C16H16N2S/c1-11-16(19-10-18-11)15(17-2)14-9-5-7-12-6-3-4-8-13(12)14/h3-10,15,17H,1-2H3. The van der Waals surface area contributed by atoms with Gasteiger partial charge < -0.3 is 5.32 Å². The van der Waals surface area contributed by atoms with E-state index in [1.165, 1.54) is 21.2 Å². The van der Waals surface area contributed by atoms with E-state index in [1.54, 1.807) is 11.3 Å². The van der Waals surface area contributed by atoms with Gasteiger partial charge in [-0.1, -0.05) is 42.5 Å². The number of aryl methyl sites for hydroxylation is 1. The van der Waals surface area contributed by atoms with Crippen LogP contribution in [0.15, 0.2) is 48.0 Å². The zero-order valence-corrected chi connectivity index (χ0v) is 11.9. The van der Waals surface area contributed by atoms with Crippen LogP contribution >= 0.6 is 11.3 Å². The Balaban J connectivity index is 2.20. The second-order valence-electron chi connectivity index (χ2n) is 4.59. The SMILES string of the molecule is CNC(c1scnc1C)c1cccc2ccccc12. The third kappa shape index (κ3) is 2.15. The summed E-state index contributed by atoms with van der Waals surface area (Å²) >= 11 is 1.71. The molecule has 0 amide bonds. The van der Waals surface area contributed by atoms with Crippen LogP contribution in [-0.2, 0) is 0 Å². The maximum absolute atomic E-state index is 4.37. The Kier molecular flexibility index (Phi) is 3.32. The van der Waals surface area contributed by atoms with Gasteiger partial charge in [0.1, 0.15) is 0 Å². The molecule has 3 aromatic rings. The Bertz CT molecular complexity index is 697. The third-order valence-electron chi connectivity index (χ3n) is 3.47. The van der Waals surface area contributed by atoms with Crippen LogP contribution in [0.2, 0.25) is 0 Å². The summed E-state index contributed by atoms with van der Waals surface area (Å²) in [6.07, 6.45) is 0. The topological polar surface area (TPSA) is 24.9 Å². The van der Waals surface area contributed by atoms with Crippen LogP contribution in [0.5, 0.6) is 0 Å². The fraction of sp³-hybridized carbons (Fsp3) is 0.188. The maximum atomic E-state index is 4.37. The summed E-state index contributed by atoms with van der Waals surface area (Å²) < 4.78 is 0. The lowest BCUT2D eigenvalue weighted by molar-refractivity contribution is 0.703. The van der Waals surface area contributed by atoms with Crippen molar-refractivity contribution < 1.29 is 0 Å². The lowest BCUT2D eigenvalue weighted by Crippen LogP contribution is -2.17. The van der Waals surface area contributed by atoms with Crippen LogP contribution < -0.4 is 5.32 Å². The molecule has 0 saturated heterocycles. The van der Waals surface area contributed by atoms with Crippen molar-refractivity contribution >= 4 is 22.1 Å². The van der Waals surface area contributed by atoms with Crippen LogP contribution in [0.1, 0.15) is 22.2 Å². The number of thiazole rings is 1. The van der Waals surface area contributed by atoms with Crippen molar-refractivity contribution in [2.24, 2.45) is 0 Å². The Labute approximate surface area is 117 Å². The third-order valence-corrected chi connectivity index (χ3v) is 4.46. The first-order valence-electron chi connectivity index (χ1n) is 6.36. The van der Waals surface area contributed by atoms with Crippen LogP contribution in [0.25, 0.3) is 10.8 Å². The van der Waals surface area contributed by atoms with Gasteiger partial charge in [-0.15, -0.1) is 11.3 Å². The fourth-order valence-corrected chi connectivity index (χ4v) is 3.45. The molecule has 1 N–H and O–H groups in total. The lowest BCUT2D eigenvalue weighted by atomic mass is 9.97. The van der Waals surface area contributed by atoms with Crippen LogP contribution in [-0.4, -0.2) is 12.0 Å². The van der Waals surface area contributed by atoms with E-state index in [0.717, 1.165) is 5.69 Å². The van der Waals surface area contributed by atoms with Gasteiger partial charge in [0.25, 0.3) is 0 Å². The van der Waals surface area contributed by atoms with Gasteiger partial charge in [-0.05, 0) is 30.3 Å². The molecular weight excluding hydrogens is 252 g/mol. The number of benzene rings is 2. The van der Waals surface area contributed by atoms with Crippen molar-refractivity contribution in [3.63, 3.8) is 0 Å². The molecule has 1 aromatic heterocycles. The molecule has 0 spiro atoms. The molecule has 0 saturated carbocycles. The largest absolute Gasteiger partial charge is 0.309 e. The van der Waals surface area contributed by atoms with E-state index in [0.29, 0.717) is 0 Å². The molecular formula is C16H16N2S. The predicted molar refractivity (Wildman–Crippen MR) is 81.7 cm³/mol. The lowest BCUT2D eigenvalue weighted by Gasteiger charge is -2.18. The van der Waals surface area contributed by atoms with Gasteiger partial charge in [-0.2, -0.15) is 0 Å². The maximum Gasteiger partial charge on any atom is 0.0798 e. The summed E-state index contributed by atoms with van der Waals surface area (Å²) in [6, 6.07) is 15.2. The van der Waals surface area contributed by atoms with E-state index in [1.807, 2.05) is 12.6 Å². The highest BCUT2D eigenvalue weighted by Crippen LogP contribution is 2.32. The molecule has 0 aliphatic heterocycles. The normalized spacial score (nSPS) is 12.7. The molecule has 1 atom stereocenters. The number of aromatic nitrogens is 1. The molecule has 96 valence electrons. The molecule has 19 heavy (non-hydrogen) atoms. The number of hydrogen-bond donors (Lipinski definition) is 1. The Hall–Kier alpha value is -1.71. The summed E-state index contributed by atoms with van der Waals surface area (Å²) in [7, 11) is 2.01. The zero-order chi connectivity index (χ0) is 13.2. The summed E-state index contributed by atoms with van der Waals surface area (Å²) in [5.41, 5.74) is 4.34. The van der Waals surface area contributed by atoms with E-state index < -0.39 is 0 Å². The van der Waals surface area contributed by atoms with Gasteiger partial charge in [0.15, 0.2) is 0 Å². The Morgan fingerprint density at radius 2 is 1.89 bits per heavy atom. The van der Waals surface area contributed by atoms with Crippen LogP contribution in [0.3, 0.4) is 0 Å². The number of fused-ring (bicyclic) bond motifs is 1. The molecule has 1 unspecified atom stereocenters. The minimum Gasteiger partial charge on any atom is -0.309 e. The van der Waals surface area contributed by atoms with E-state index in [2.05, 4.69) is 59.7 Å². The first-order valence-corrected chi connectivity index (χ1v) is 7.24. The van der Waals surface area contributed by atoms with Gasteiger partial charge in [0, 0.05) is 4.88 Å². The van der Waals surface area contributed by atoms with Gasteiger partial charge in [-0.3, -0.25) is 0 Å². The number of rotatable bonds is 3. The van der Waals surface area contributed by atoms with Crippen molar-refractivity contribution in [1.82, 2.24) is 10.3 Å². The van der Waals surface area contributed by atoms with Gasteiger partial charge >= 0.3 is 0 Å². The Morgan fingerprint density at radius 1 is 1.11 bits per heavy atom. The van der Waals surface area contributed by atoms with Crippen molar-refractivity contribution in [3.8, 4) is 0 Å². The highest BCUT2D eigenvalue weighted by molar-refractivity contribution is 7.09. The molecule has 0 bridgehead atoms. The monoisotopic (exact) mass is 268 g/mol. The smallest absolute Gasteiger partial charge is 0.0798 e. The van der Waals surface area contributed by atoms with Gasteiger partial charge in [0.05, 0.1) is 17.2 Å². The average Bonchev–Trinajstić information content (AvgIpc) is 2.86. The molecule has 0 aliphatic rings. The minimum atomic E-state index is 0.207. The Morgan fingerprint density at radius 3 is 2.63 bits per heavy atom. The molecule has 2 nitrogen and oxygen atoms in total. The van der Waals surface area contributed by atoms with E-state index in [-0.39, 0.29) is 6.04 Å². The zero-order valence-electron chi connectivity index (χ0n) is 11.1. The minimum absolute atomic E-state index is 0.207. The second-order valence-corrected chi connectivity index (χ2v) is 5.48. The summed E-state index contributed by atoms with van der Waals surface area (Å²) in [5.74, 6) is 0. The highest BCUT2D eigenvalue weighted by Gasteiger charge is 2.18. The molecule has 0 aliphatic carbocycles. The average molecular weight is 268 g/mol. The summed E-state index contributed by atoms with van der Waals surface area (Å²) in [6.45, 7) is 2.07. The molecule has 3 heteroatoms. The first-order chi connectivity index (χ1) is 9.31. The molecule has 1 heterocycles. The van der Waals surface area contributed by atoms with E-state index in [4.69, 9.17) is 0 Å². The van der Waals surface area contributed by atoms with Crippen molar-refractivity contribution in [3.05, 3.63) is 64.1 Å². The first kappa shape index (κ1) is 12.3. The quantitative estimate of drug-likeness (QED) is 0.779. The number of hydrogen-bond acceptors (Lipinski definition) is 3. The predicted octanol–water partition coefficient (Wildman–Crippen LogP) is 3.91. The highest BCUT2D eigenvalue weighted by atomic mass is 32.1. The number of nitrogens with zero attached hydrogens (tertiary/aromatic N) is 1. The summed E-state index contributed by atoms with van der Waals surface area (Å²) in [5, 5.41) is 6.01. The van der Waals surface area contributed by atoms with Gasteiger partial charge in [0.2, 0.25) is 0 Å². The van der Waals surface area contributed by atoms with E-state index in [9.17, 15) is 0 Å². The summed E-state index contributed by atoms with van der Waals surface area (Å²) in [4.78, 5) is 5.66. The number of nitrogens with one attached hydrogen (secondary N) is 1. The fourth-order valence-electron chi connectivity index (χ4n) is 2.52. The van der Waals surface area contributed by atoms with Crippen molar-refractivity contribution in [2.75, 3.05) is 7.05 Å². The van der Waals surface area contributed by atoms with E-state index >= 15 is 0 Å².